The first kappa shape index (κ1) is 14.4. The first-order valence-electron chi connectivity index (χ1n) is 7.26. The first-order valence-corrected chi connectivity index (χ1v) is 8.06. The van der Waals surface area contributed by atoms with Gasteiger partial charge in [0.25, 0.3) is 0 Å². The van der Waals surface area contributed by atoms with Crippen molar-refractivity contribution in [3.63, 3.8) is 0 Å². The van der Waals surface area contributed by atoms with Gasteiger partial charge in [-0.05, 0) is 65.5 Å². The Balaban J connectivity index is 1.50. The Hall–Kier alpha value is -1.52. The summed E-state index contributed by atoms with van der Waals surface area (Å²) in [5.41, 5.74) is 1.31. The second-order valence-corrected chi connectivity index (χ2v) is 6.02. The van der Waals surface area contributed by atoms with Crippen molar-refractivity contribution in [2.75, 3.05) is 6.54 Å². The number of hydrogen-bond acceptors (Lipinski definition) is 2. The Kier molecular flexibility index (Phi) is 4.46. The number of fused-ring (bicyclic) bond motifs is 1. The molecular formula is C17H19BrN2O. The zero-order chi connectivity index (χ0) is 14.7. The predicted molar refractivity (Wildman–Crippen MR) is 89.4 cm³/mol. The average molecular weight is 347 g/mol. The summed E-state index contributed by atoms with van der Waals surface area (Å²) in [5, 5.41) is 4.80. The Morgan fingerprint density at radius 3 is 2.86 bits per heavy atom. The lowest BCUT2D eigenvalue weighted by molar-refractivity contribution is 0.413. The van der Waals surface area contributed by atoms with Crippen LogP contribution in [-0.4, -0.2) is 11.1 Å². The molecule has 1 unspecified atom stereocenters. The maximum atomic E-state index is 5.55. The van der Waals surface area contributed by atoms with Gasteiger partial charge in [-0.15, -0.1) is 0 Å². The van der Waals surface area contributed by atoms with Gasteiger partial charge in [-0.3, -0.25) is 0 Å². The third-order valence-electron chi connectivity index (χ3n) is 3.73. The highest BCUT2D eigenvalue weighted by Crippen LogP contribution is 2.20. The molecule has 3 nitrogen and oxygen atoms in total. The monoisotopic (exact) mass is 346 g/mol. The fourth-order valence-electron chi connectivity index (χ4n) is 2.57. The third-order valence-corrected chi connectivity index (χ3v) is 4.15. The van der Waals surface area contributed by atoms with Crippen molar-refractivity contribution < 1.29 is 4.42 Å². The van der Waals surface area contributed by atoms with Gasteiger partial charge >= 0.3 is 0 Å². The largest absolute Gasteiger partial charge is 0.453 e. The second-order valence-electron chi connectivity index (χ2n) is 5.24. The fourth-order valence-corrected chi connectivity index (χ4v) is 2.88. The molecule has 0 spiro atoms. The van der Waals surface area contributed by atoms with Crippen LogP contribution in [0, 0.1) is 0 Å². The van der Waals surface area contributed by atoms with Gasteiger partial charge in [0.05, 0.1) is 6.04 Å². The topological polar surface area (TPSA) is 30.1 Å². The number of benzene rings is 1. The molecule has 0 amide bonds. The van der Waals surface area contributed by atoms with Crippen molar-refractivity contribution in [1.29, 1.82) is 0 Å². The number of aryl methyl sites for hydroxylation is 1. The Bertz CT molecular complexity index is 716. The molecular weight excluding hydrogens is 328 g/mol. The Morgan fingerprint density at radius 1 is 1.19 bits per heavy atom. The molecule has 1 aromatic carbocycles. The van der Waals surface area contributed by atoms with Gasteiger partial charge in [-0.25, -0.2) is 0 Å². The van der Waals surface area contributed by atoms with Crippen molar-refractivity contribution in [3.8, 4) is 0 Å². The molecule has 21 heavy (non-hydrogen) atoms. The van der Waals surface area contributed by atoms with Crippen molar-refractivity contribution in [2.45, 2.75) is 25.9 Å². The summed E-state index contributed by atoms with van der Waals surface area (Å²) in [5.74, 6) is 0.966. The van der Waals surface area contributed by atoms with E-state index in [1.807, 2.05) is 12.1 Å². The lowest BCUT2D eigenvalue weighted by atomic mass is 10.2. The highest BCUT2D eigenvalue weighted by Gasteiger charge is 2.08. The minimum Gasteiger partial charge on any atom is -0.453 e. The van der Waals surface area contributed by atoms with Crippen LogP contribution in [-0.2, 0) is 6.54 Å². The second kappa shape index (κ2) is 6.50. The number of halogens is 1. The number of para-hydroxylation sites is 1. The SMILES string of the molecule is CC(NCCCn1ccc2ccccc21)c1ccc(Br)o1. The van der Waals surface area contributed by atoms with Crippen LogP contribution in [0.4, 0.5) is 0 Å². The van der Waals surface area contributed by atoms with Gasteiger partial charge in [-0.1, -0.05) is 18.2 Å². The van der Waals surface area contributed by atoms with Crippen LogP contribution >= 0.6 is 15.9 Å². The molecule has 0 saturated carbocycles. The smallest absolute Gasteiger partial charge is 0.169 e. The minimum absolute atomic E-state index is 0.234. The van der Waals surface area contributed by atoms with Gasteiger partial charge in [0.1, 0.15) is 5.76 Å². The molecule has 0 aliphatic carbocycles. The molecule has 1 atom stereocenters. The molecule has 110 valence electrons. The standard InChI is InChI=1S/C17H19BrN2O/c1-13(16-7-8-17(18)21-16)19-10-4-11-20-12-9-14-5-2-3-6-15(14)20/h2-3,5-9,12-13,19H,4,10-11H2,1H3. The number of hydrogen-bond donors (Lipinski definition) is 1. The summed E-state index contributed by atoms with van der Waals surface area (Å²) in [6.45, 7) is 4.11. The van der Waals surface area contributed by atoms with Crippen molar-refractivity contribution >= 4 is 26.8 Å². The molecule has 2 aromatic heterocycles. The molecule has 3 rings (SSSR count). The highest BCUT2D eigenvalue weighted by atomic mass is 79.9. The summed E-state index contributed by atoms with van der Waals surface area (Å²) in [4.78, 5) is 0. The van der Waals surface area contributed by atoms with E-state index in [1.165, 1.54) is 10.9 Å². The number of rotatable bonds is 6. The number of nitrogens with zero attached hydrogens (tertiary/aromatic N) is 1. The third kappa shape index (κ3) is 3.39. The molecule has 0 saturated heterocycles. The van der Waals surface area contributed by atoms with E-state index in [1.54, 1.807) is 0 Å². The zero-order valence-electron chi connectivity index (χ0n) is 12.1. The molecule has 1 N–H and O–H groups in total. The summed E-state index contributed by atoms with van der Waals surface area (Å²) >= 11 is 3.33. The normalized spacial score (nSPS) is 12.9. The van der Waals surface area contributed by atoms with E-state index in [9.17, 15) is 0 Å². The van der Waals surface area contributed by atoms with E-state index in [0.717, 1.165) is 29.9 Å². The van der Waals surface area contributed by atoms with Crippen LogP contribution < -0.4 is 5.32 Å². The number of furan rings is 1. The van der Waals surface area contributed by atoms with E-state index in [4.69, 9.17) is 4.42 Å². The summed E-state index contributed by atoms with van der Waals surface area (Å²) in [6, 6.07) is 14.8. The average Bonchev–Trinajstić information content (AvgIpc) is 3.10. The van der Waals surface area contributed by atoms with E-state index >= 15 is 0 Å². The van der Waals surface area contributed by atoms with Gasteiger partial charge in [-0.2, -0.15) is 0 Å². The molecule has 3 aromatic rings. The number of aromatic nitrogens is 1. The summed E-state index contributed by atoms with van der Waals surface area (Å²) in [6.07, 6.45) is 3.25. The van der Waals surface area contributed by atoms with Crippen LogP contribution in [0.3, 0.4) is 0 Å². The molecule has 4 heteroatoms. The van der Waals surface area contributed by atoms with Gasteiger partial charge < -0.3 is 14.3 Å². The Labute approximate surface area is 133 Å². The van der Waals surface area contributed by atoms with Crippen molar-refractivity contribution in [2.24, 2.45) is 0 Å². The van der Waals surface area contributed by atoms with E-state index in [2.05, 4.69) is 69.3 Å². The lowest BCUT2D eigenvalue weighted by Gasteiger charge is -2.12. The predicted octanol–water partition coefficient (Wildman–Crippen LogP) is 4.74. The van der Waals surface area contributed by atoms with E-state index < -0.39 is 0 Å². The van der Waals surface area contributed by atoms with Crippen LogP contribution in [0.1, 0.15) is 25.1 Å². The van der Waals surface area contributed by atoms with Gasteiger partial charge in [0.2, 0.25) is 0 Å². The van der Waals surface area contributed by atoms with E-state index in [-0.39, 0.29) is 6.04 Å². The van der Waals surface area contributed by atoms with Crippen LogP contribution in [0.2, 0.25) is 0 Å². The van der Waals surface area contributed by atoms with Crippen molar-refractivity contribution in [1.82, 2.24) is 9.88 Å². The first-order chi connectivity index (χ1) is 10.2. The fraction of sp³-hybridized carbons (Fsp3) is 0.294. The van der Waals surface area contributed by atoms with Crippen LogP contribution in [0.15, 0.2) is 57.7 Å². The van der Waals surface area contributed by atoms with Gasteiger partial charge in [0.15, 0.2) is 4.67 Å². The molecule has 0 aliphatic heterocycles. The molecule has 0 fully saturated rings. The van der Waals surface area contributed by atoms with Crippen LogP contribution in [0.5, 0.6) is 0 Å². The summed E-state index contributed by atoms with van der Waals surface area (Å²) < 4.78 is 8.65. The maximum absolute atomic E-state index is 5.55. The van der Waals surface area contributed by atoms with Crippen LogP contribution in [0.25, 0.3) is 10.9 Å². The summed E-state index contributed by atoms with van der Waals surface area (Å²) in [7, 11) is 0. The van der Waals surface area contributed by atoms with Gasteiger partial charge in [0, 0.05) is 18.3 Å². The Morgan fingerprint density at radius 2 is 2.05 bits per heavy atom. The molecule has 0 bridgehead atoms. The van der Waals surface area contributed by atoms with Crippen molar-refractivity contribution in [3.05, 3.63) is 59.1 Å². The zero-order valence-corrected chi connectivity index (χ0v) is 13.6. The molecule has 0 aliphatic rings. The molecule has 2 heterocycles. The lowest BCUT2D eigenvalue weighted by Crippen LogP contribution is -2.20. The number of nitrogens with one attached hydrogen (secondary N) is 1. The molecule has 0 radical (unpaired) electrons. The highest BCUT2D eigenvalue weighted by molar-refractivity contribution is 9.10. The quantitative estimate of drug-likeness (QED) is 0.653. The maximum Gasteiger partial charge on any atom is 0.169 e. The van der Waals surface area contributed by atoms with E-state index in [0.29, 0.717) is 0 Å². The minimum atomic E-state index is 0.234.